The Morgan fingerprint density at radius 1 is 1.31 bits per heavy atom. The van der Waals surface area contributed by atoms with E-state index in [1.54, 1.807) is 25.4 Å². The lowest BCUT2D eigenvalue weighted by Crippen LogP contribution is -2.03. The van der Waals surface area contributed by atoms with Crippen molar-refractivity contribution in [1.82, 2.24) is 14.5 Å². The zero-order valence-electron chi connectivity index (χ0n) is 9.01. The van der Waals surface area contributed by atoms with Crippen molar-refractivity contribution >= 4 is 5.97 Å². The molecule has 0 radical (unpaired) electrons. The first-order valence-corrected chi connectivity index (χ1v) is 4.79. The maximum atomic E-state index is 11.0. The molecule has 0 aliphatic rings. The van der Waals surface area contributed by atoms with Gasteiger partial charge in [0.2, 0.25) is 0 Å². The summed E-state index contributed by atoms with van der Waals surface area (Å²) in [5, 5.41) is 9.01. The number of hydrogen-bond acceptors (Lipinski definition) is 3. The Morgan fingerprint density at radius 3 is 2.44 bits per heavy atom. The molecule has 2 aromatic heterocycles. The Bertz CT molecular complexity index is 532. The van der Waals surface area contributed by atoms with Gasteiger partial charge in [-0.05, 0) is 19.9 Å². The van der Waals surface area contributed by atoms with Crippen molar-refractivity contribution in [2.24, 2.45) is 0 Å². The third-order valence-corrected chi connectivity index (χ3v) is 2.47. The average molecular weight is 217 g/mol. The number of aromatic carboxylic acids is 1. The zero-order chi connectivity index (χ0) is 11.7. The van der Waals surface area contributed by atoms with Gasteiger partial charge in [0, 0.05) is 11.4 Å². The van der Waals surface area contributed by atoms with Crippen LogP contribution in [0.15, 0.2) is 24.8 Å². The lowest BCUT2D eigenvalue weighted by molar-refractivity contribution is 0.0696. The molecule has 0 saturated heterocycles. The van der Waals surface area contributed by atoms with Gasteiger partial charge in [-0.1, -0.05) is 0 Å². The molecule has 2 aromatic rings. The second kappa shape index (κ2) is 3.77. The summed E-state index contributed by atoms with van der Waals surface area (Å²) in [5.41, 5.74) is 2.61. The monoisotopic (exact) mass is 217 g/mol. The molecule has 0 aliphatic carbocycles. The van der Waals surface area contributed by atoms with E-state index in [0.717, 1.165) is 11.4 Å². The molecule has 5 heteroatoms. The number of nitrogens with zero attached hydrogens (tertiary/aromatic N) is 3. The molecule has 82 valence electrons. The van der Waals surface area contributed by atoms with Gasteiger partial charge in [-0.15, -0.1) is 0 Å². The largest absolute Gasteiger partial charge is 0.478 e. The summed E-state index contributed by atoms with van der Waals surface area (Å²) in [7, 11) is 0. The first kappa shape index (κ1) is 10.4. The van der Waals surface area contributed by atoms with Crippen LogP contribution in [0.1, 0.15) is 21.7 Å². The Labute approximate surface area is 92.4 Å². The van der Waals surface area contributed by atoms with Gasteiger partial charge in [-0.3, -0.25) is 0 Å². The molecule has 0 aliphatic heterocycles. The molecule has 0 unspecified atom stereocenters. The SMILES string of the molecule is Cc1cc(C(=O)O)c(C)n1-c1cncnc1. The highest BCUT2D eigenvalue weighted by molar-refractivity contribution is 5.89. The molecule has 0 atom stereocenters. The maximum absolute atomic E-state index is 11.0. The number of carboxylic acid groups (broad SMARTS) is 1. The minimum absolute atomic E-state index is 0.307. The highest BCUT2D eigenvalue weighted by atomic mass is 16.4. The van der Waals surface area contributed by atoms with Crippen molar-refractivity contribution in [3.63, 3.8) is 0 Å². The minimum atomic E-state index is -0.920. The predicted octanol–water partition coefficient (Wildman–Crippen LogP) is 1.58. The third kappa shape index (κ3) is 1.56. The van der Waals surface area contributed by atoms with Gasteiger partial charge in [0.25, 0.3) is 0 Å². The normalized spacial score (nSPS) is 10.4. The van der Waals surface area contributed by atoms with Crippen LogP contribution in [0.5, 0.6) is 0 Å². The van der Waals surface area contributed by atoms with E-state index in [0.29, 0.717) is 11.3 Å². The molecule has 1 N–H and O–H groups in total. The summed E-state index contributed by atoms with van der Waals surface area (Å²) >= 11 is 0. The lowest BCUT2D eigenvalue weighted by Gasteiger charge is -2.07. The highest BCUT2D eigenvalue weighted by Crippen LogP contribution is 2.19. The van der Waals surface area contributed by atoms with Crippen LogP contribution in [-0.4, -0.2) is 25.6 Å². The van der Waals surface area contributed by atoms with Crippen molar-refractivity contribution in [2.45, 2.75) is 13.8 Å². The average Bonchev–Trinajstić information content (AvgIpc) is 2.56. The topological polar surface area (TPSA) is 68.0 Å². The molecule has 5 nitrogen and oxygen atoms in total. The van der Waals surface area contributed by atoms with E-state index in [1.807, 2.05) is 11.5 Å². The van der Waals surface area contributed by atoms with Crippen molar-refractivity contribution in [3.8, 4) is 5.69 Å². The Balaban J connectivity index is 2.63. The molecule has 0 aromatic carbocycles. The third-order valence-electron chi connectivity index (χ3n) is 2.47. The standard InChI is InChI=1S/C11H11N3O2/c1-7-3-10(11(15)16)8(2)14(7)9-4-12-6-13-5-9/h3-6H,1-2H3,(H,15,16). The summed E-state index contributed by atoms with van der Waals surface area (Å²) in [6.07, 6.45) is 4.74. The van der Waals surface area contributed by atoms with Crippen LogP contribution in [0.25, 0.3) is 5.69 Å². The van der Waals surface area contributed by atoms with E-state index in [4.69, 9.17) is 5.11 Å². The van der Waals surface area contributed by atoms with Crippen molar-refractivity contribution in [2.75, 3.05) is 0 Å². The molecule has 2 rings (SSSR count). The number of aromatic nitrogens is 3. The van der Waals surface area contributed by atoms with Crippen molar-refractivity contribution in [3.05, 3.63) is 41.7 Å². The van der Waals surface area contributed by atoms with Gasteiger partial charge >= 0.3 is 5.97 Å². The van der Waals surface area contributed by atoms with Gasteiger partial charge < -0.3 is 9.67 Å². The van der Waals surface area contributed by atoms with Crippen LogP contribution in [0.4, 0.5) is 0 Å². The molecule has 0 amide bonds. The fourth-order valence-corrected chi connectivity index (χ4v) is 1.78. The molecule has 2 heterocycles. The van der Waals surface area contributed by atoms with Gasteiger partial charge in [-0.25, -0.2) is 14.8 Å². The second-order valence-corrected chi connectivity index (χ2v) is 3.52. The lowest BCUT2D eigenvalue weighted by atomic mass is 10.2. The van der Waals surface area contributed by atoms with Crippen LogP contribution in [0, 0.1) is 13.8 Å². The summed E-state index contributed by atoms with van der Waals surface area (Å²) < 4.78 is 1.82. The molecule has 16 heavy (non-hydrogen) atoms. The van der Waals surface area contributed by atoms with E-state index in [1.165, 1.54) is 6.33 Å². The highest BCUT2D eigenvalue weighted by Gasteiger charge is 2.15. The molecular weight excluding hydrogens is 206 g/mol. The summed E-state index contributed by atoms with van der Waals surface area (Å²) in [5.74, 6) is -0.920. The fourth-order valence-electron chi connectivity index (χ4n) is 1.78. The van der Waals surface area contributed by atoms with Crippen LogP contribution < -0.4 is 0 Å². The first-order chi connectivity index (χ1) is 7.61. The van der Waals surface area contributed by atoms with Crippen LogP contribution in [0.2, 0.25) is 0 Å². The molecule has 0 bridgehead atoms. The van der Waals surface area contributed by atoms with Gasteiger partial charge in [0.15, 0.2) is 0 Å². The zero-order valence-corrected chi connectivity index (χ0v) is 9.01. The molecule has 0 saturated carbocycles. The number of aryl methyl sites for hydroxylation is 1. The van der Waals surface area contributed by atoms with Crippen LogP contribution in [-0.2, 0) is 0 Å². The smallest absolute Gasteiger partial charge is 0.337 e. The van der Waals surface area contributed by atoms with E-state index in [9.17, 15) is 4.79 Å². The summed E-state index contributed by atoms with van der Waals surface area (Å²) in [4.78, 5) is 18.8. The molecule has 0 spiro atoms. The summed E-state index contributed by atoms with van der Waals surface area (Å²) in [6, 6.07) is 1.64. The number of carbonyl (C=O) groups is 1. The predicted molar refractivity (Wildman–Crippen MR) is 57.8 cm³/mol. The van der Waals surface area contributed by atoms with E-state index < -0.39 is 5.97 Å². The Hall–Kier alpha value is -2.17. The second-order valence-electron chi connectivity index (χ2n) is 3.52. The Kier molecular flexibility index (Phi) is 2.44. The Morgan fingerprint density at radius 2 is 1.94 bits per heavy atom. The number of rotatable bonds is 2. The van der Waals surface area contributed by atoms with Crippen LogP contribution >= 0.6 is 0 Å². The molecular formula is C11H11N3O2. The van der Waals surface area contributed by atoms with E-state index in [-0.39, 0.29) is 0 Å². The van der Waals surface area contributed by atoms with Gasteiger partial charge in [0.1, 0.15) is 6.33 Å². The van der Waals surface area contributed by atoms with Crippen LogP contribution in [0.3, 0.4) is 0 Å². The van der Waals surface area contributed by atoms with Crippen molar-refractivity contribution < 1.29 is 9.90 Å². The first-order valence-electron chi connectivity index (χ1n) is 4.79. The number of carboxylic acids is 1. The van der Waals surface area contributed by atoms with Gasteiger partial charge in [-0.2, -0.15) is 0 Å². The van der Waals surface area contributed by atoms with E-state index in [2.05, 4.69) is 9.97 Å². The van der Waals surface area contributed by atoms with Gasteiger partial charge in [0.05, 0.1) is 23.6 Å². The number of hydrogen-bond donors (Lipinski definition) is 1. The van der Waals surface area contributed by atoms with Crippen molar-refractivity contribution in [1.29, 1.82) is 0 Å². The maximum Gasteiger partial charge on any atom is 0.337 e. The fraction of sp³-hybridized carbons (Fsp3) is 0.182. The molecule has 0 fully saturated rings. The minimum Gasteiger partial charge on any atom is -0.478 e. The summed E-state index contributed by atoms with van der Waals surface area (Å²) in [6.45, 7) is 3.62. The quantitative estimate of drug-likeness (QED) is 0.829. The van der Waals surface area contributed by atoms with E-state index >= 15 is 0 Å².